The molecular weight excluding hydrogens is 472 g/mol. The van der Waals surface area contributed by atoms with Crippen LogP contribution < -0.4 is 10.1 Å². The summed E-state index contributed by atoms with van der Waals surface area (Å²) in [6.07, 6.45) is 7.87. The lowest BCUT2D eigenvalue weighted by Gasteiger charge is -2.63. The second-order valence-electron chi connectivity index (χ2n) is 13.2. The quantitative estimate of drug-likeness (QED) is 0.488. The van der Waals surface area contributed by atoms with E-state index in [1.165, 1.54) is 12.8 Å². The molecule has 0 aromatic heterocycles. The van der Waals surface area contributed by atoms with E-state index in [9.17, 15) is 9.59 Å². The molecule has 0 radical (unpaired) electrons. The Labute approximate surface area is 227 Å². The van der Waals surface area contributed by atoms with Crippen LogP contribution in [-0.4, -0.2) is 35.9 Å². The molecule has 5 nitrogen and oxygen atoms in total. The number of rotatable bonds is 4. The Morgan fingerprint density at radius 2 is 1.74 bits per heavy atom. The van der Waals surface area contributed by atoms with E-state index in [2.05, 4.69) is 31.0 Å². The van der Waals surface area contributed by atoms with Gasteiger partial charge in [0.15, 0.2) is 0 Å². The highest BCUT2D eigenvalue weighted by atomic mass is 16.5. The molecule has 202 valence electrons. The fourth-order valence-corrected chi connectivity index (χ4v) is 9.15. The first kappa shape index (κ1) is 25.5. The highest BCUT2D eigenvalue weighted by Crippen LogP contribution is 2.66. The van der Waals surface area contributed by atoms with Gasteiger partial charge in [0.25, 0.3) is 5.91 Å². The number of amides is 2. The van der Waals surface area contributed by atoms with E-state index >= 15 is 0 Å². The molecule has 4 aliphatic rings. The van der Waals surface area contributed by atoms with Crippen molar-refractivity contribution in [2.75, 3.05) is 12.4 Å². The van der Waals surface area contributed by atoms with Gasteiger partial charge in [-0.15, -0.1) is 0 Å². The fourth-order valence-electron chi connectivity index (χ4n) is 9.15. The molecule has 5 heteroatoms. The van der Waals surface area contributed by atoms with Crippen LogP contribution in [0.2, 0.25) is 0 Å². The molecule has 2 aromatic carbocycles. The Morgan fingerprint density at radius 1 is 1.00 bits per heavy atom. The van der Waals surface area contributed by atoms with Gasteiger partial charge in [0.2, 0.25) is 5.91 Å². The zero-order valence-corrected chi connectivity index (χ0v) is 23.3. The average Bonchev–Trinajstić information content (AvgIpc) is 3.25. The molecule has 6 rings (SSSR count). The second kappa shape index (κ2) is 9.43. The van der Waals surface area contributed by atoms with E-state index in [0.717, 1.165) is 37.1 Å². The largest absolute Gasteiger partial charge is 0.490 e. The predicted molar refractivity (Wildman–Crippen MR) is 150 cm³/mol. The third kappa shape index (κ3) is 4.23. The predicted octanol–water partition coefficient (Wildman–Crippen LogP) is 6.80. The number of fused-ring (bicyclic) bond motifs is 5. The molecular formula is C33H42N2O3. The summed E-state index contributed by atoms with van der Waals surface area (Å²) in [6.45, 7) is 7.46. The highest BCUT2D eigenvalue weighted by molar-refractivity contribution is 6.04. The first-order valence-electron chi connectivity index (χ1n) is 14.6. The second-order valence-corrected chi connectivity index (χ2v) is 13.2. The Balaban J connectivity index is 1.14. The Morgan fingerprint density at radius 3 is 2.47 bits per heavy atom. The molecule has 2 aromatic rings. The van der Waals surface area contributed by atoms with E-state index in [1.807, 2.05) is 61.6 Å². The average molecular weight is 515 g/mol. The standard InChI is InChI=1S/C33H42N2O3/c1-21-18-28-33(3,17-15-29(36)35(28)4)26-14-16-32(2)20-25(19-27(32)30(21)26)38-24-12-10-23(11-13-24)34-31(37)22-8-6-5-7-9-22/h5-13,21,25-28,30H,14-20H2,1-4H3,(H,34,37)/t21-,25-,26-,27-,28+,30?,32+,33+/m0/s1. The van der Waals surface area contributed by atoms with Crippen molar-refractivity contribution in [2.24, 2.45) is 34.5 Å². The normalized spacial score (nSPS) is 38.1. The van der Waals surface area contributed by atoms with Gasteiger partial charge in [0.05, 0.1) is 6.10 Å². The van der Waals surface area contributed by atoms with Gasteiger partial charge < -0.3 is 15.0 Å². The van der Waals surface area contributed by atoms with Crippen molar-refractivity contribution in [1.82, 2.24) is 4.90 Å². The molecule has 8 atom stereocenters. The van der Waals surface area contributed by atoms with Crippen LogP contribution in [0.3, 0.4) is 0 Å². The van der Waals surface area contributed by atoms with Gasteiger partial charge in [0.1, 0.15) is 5.75 Å². The van der Waals surface area contributed by atoms with Crippen molar-refractivity contribution in [3.8, 4) is 5.75 Å². The molecule has 3 aliphatic carbocycles. The fraction of sp³-hybridized carbons (Fsp3) is 0.576. The number of nitrogens with zero attached hydrogens (tertiary/aromatic N) is 1. The summed E-state index contributed by atoms with van der Waals surface area (Å²) in [5.74, 6) is 3.81. The molecule has 2 amide bonds. The maximum absolute atomic E-state index is 12.5. The van der Waals surface area contributed by atoms with Crippen molar-refractivity contribution in [3.63, 3.8) is 0 Å². The minimum Gasteiger partial charge on any atom is -0.490 e. The number of carbonyl (C=O) groups is 2. The van der Waals surface area contributed by atoms with Crippen molar-refractivity contribution >= 4 is 17.5 Å². The Hall–Kier alpha value is -2.82. The molecule has 4 fully saturated rings. The molecule has 38 heavy (non-hydrogen) atoms. The zero-order valence-electron chi connectivity index (χ0n) is 23.3. The molecule has 1 N–H and O–H groups in total. The van der Waals surface area contributed by atoms with Crippen molar-refractivity contribution < 1.29 is 14.3 Å². The summed E-state index contributed by atoms with van der Waals surface area (Å²) < 4.78 is 6.59. The van der Waals surface area contributed by atoms with Crippen LogP contribution in [-0.2, 0) is 4.79 Å². The Kier molecular flexibility index (Phi) is 6.32. The lowest BCUT2D eigenvalue weighted by molar-refractivity contribution is -0.164. The lowest BCUT2D eigenvalue weighted by Crippen LogP contribution is -2.62. The number of benzene rings is 2. The highest BCUT2D eigenvalue weighted by Gasteiger charge is 2.62. The number of hydrogen-bond acceptors (Lipinski definition) is 3. The van der Waals surface area contributed by atoms with Crippen LogP contribution in [0.15, 0.2) is 54.6 Å². The molecule has 1 heterocycles. The van der Waals surface area contributed by atoms with Gasteiger partial charge in [-0.2, -0.15) is 0 Å². The molecule has 0 spiro atoms. The summed E-state index contributed by atoms with van der Waals surface area (Å²) in [5, 5.41) is 2.97. The minimum absolute atomic E-state index is 0.104. The summed E-state index contributed by atoms with van der Waals surface area (Å²) >= 11 is 0. The van der Waals surface area contributed by atoms with E-state index in [4.69, 9.17) is 4.74 Å². The van der Waals surface area contributed by atoms with Gasteiger partial charge in [0, 0.05) is 30.8 Å². The molecule has 3 saturated carbocycles. The minimum atomic E-state index is -0.104. The van der Waals surface area contributed by atoms with Crippen LogP contribution in [0.4, 0.5) is 5.69 Å². The zero-order chi connectivity index (χ0) is 26.7. The first-order valence-corrected chi connectivity index (χ1v) is 14.6. The van der Waals surface area contributed by atoms with Crippen molar-refractivity contribution in [2.45, 2.75) is 77.9 Å². The first-order chi connectivity index (χ1) is 18.2. The number of anilines is 1. The monoisotopic (exact) mass is 514 g/mol. The molecule has 0 bridgehead atoms. The molecule has 1 unspecified atom stereocenters. The molecule has 1 saturated heterocycles. The van der Waals surface area contributed by atoms with Crippen LogP contribution >= 0.6 is 0 Å². The number of likely N-dealkylation sites (tertiary alicyclic amines) is 1. The number of carbonyl (C=O) groups excluding carboxylic acids is 2. The van der Waals surface area contributed by atoms with Gasteiger partial charge in [-0.05, 0) is 109 Å². The smallest absolute Gasteiger partial charge is 0.255 e. The van der Waals surface area contributed by atoms with Crippen LogP contribution in [0, 0.1) is 34.5 Å². The number of piperidine rings is 1. The van der Waals surface area contributed by atoms with E-state index in [-0.39, 0.29) is 17.4 Å². The maximum atomic E-state index is 12.5. The van der Waals surface area contributed by atoms with Gasteiger partial charge in [-0.25, -0.2) is 0 Å². The van der Waals surface area contributed by atoms with Crippen molar-refractivity contribution in [3.05, 3.63) is 60.2 Å². The third-order valence-corrected chi connectivity index (χ3v) is 11.1. The summed E-state index contributed by atoms with van der Waals surface area (Å²) in [4.78, 5) is 27.1. The number of ether oxygens (including phenoxy) is 1. The topological polar surface area (TPSA) is 58.6 Å². The number of hydrogen-bond donors (Lipinski definition) is 1. The Bertz CT molecular complexity index is 1200. The number of nitrogens with one attached hydrogen (secondary N) is 1. The van der Waals surface area contributed by atoms with E-state index < -0.39 is 0 Å². The van der Waals surface area contributed by atoms with Crippen molar-refractivity contribution in [1.29, 1.82) is 0 Å². The molecule has 1 aliphatic heterocycles. The van der Waals surface area contributed by atoms with E-state index in [1.54, 1.807) is 0 Å². The third-order valence-electron chi connectivity index (χ3n) is 11.1. The SMILES string of the molecule is C[C@H]1C[C@H]2N(C)C(=O)CC[C@]2(C)[C@H]2CC[C@]3(C)C[C@@H](Oc4ccc(NC(=O)c5ccccc5)cc4)C[C@H]3C12. The van der Waals surface area contributed by atoms with Crippen LogP contribution in [0.25, 0.3) is 0 Å². The summed E-state index contributed by atoms with van der Waals surface area (Å²) in [6, 6.07) is 17.5. The lowest BCUT2D eigenvalue weighted by atomic mass is 9.45. The summed E-state index contributed by atoms with van der Waals surface area (Å²) in [5.41, 5.74) is 1.98. The van der Waals surface area contributed by atoms with Crippen LogP contribution in [0.1, 0.15) is 76.1 Å². The summed E-state index contributed by atoms with van der Waals surface area (Å²) in [7, 11) is 2.04. The van der Waals surface area contributed by atoms with E-state index in [0.29, 0.717) is 53.0 Å². The van der Waals surface area contributed by atoms with Gasteiger partial charge in [-0.3, -0.25) is 9.59 Å². The van der Waals surface area contributed by atoms with Gasteiger partial charge in [-0.1, -0.05) is 39.0 Å². The van der Waals surface area contributed by atoms with Gasteiger partial charge >= 0.3 is 0 Å². The van der Waals surface area contributed by atoms with Crippen LogP contribution in [0.5, 0.6) is 5.75 Å². The maximum Gasteiger partial charge on any atom is 0.255 e.